The van der Waals surface area contributed by atoms with Crippen LogP contribution < -0.4 is 15.5 Å². The van der Waals surface area contributed by atoms with E-state index < -0.39 is 5.50 Å². The Kier molecular flexibility index (Phi) is 5.27. The van der Waals surface area contributed by atoms with E-state index in [1.165, 1.54) is 17.6 Å². The number of imidazole rings is 1. The van der Waals surface area contributed by atoms with Gasteiger partial charge in [0.1, 0.15) is 11.2 Å². The van der Waals surface area contributed by atoms with Crippen LogP contribution in [-0.4, -0.2) is 43.7 Å². The number of H-pyrrole nitrogens is 1. The van der Waals surface area contributed by atoms with Gasteiger partial charge in [-0.05, 0) is 41.5 Å². The number of nitrogens with one attached hydrogen (secondary N) is 3. The van der Waals surface area contributed by atoms with Crippen LogP contribution in [0.3, 0.4) is 0 Å². The van der Waals surface area contributed by atoms with Crippen LogP contribution in [0.15, 0.2) is 6.33 Å². The zero-order valence-electron chi connectivity index (χ0n) is 16.8. The minimum Gasteiger partial charge on any atom is -0.339 e. The number of carbonyl (C=O) groups excluding carboxylic acids is 1. The molecule has 0 bridgehead atoms. The van der Waals surface area contributed by atoms with Gasteiger partial charge in [-0.3, -0.25) is 9.48 Å². The molecule has 3 heterocycles. The number of rotatable bonds is 5. The maximum atomic E-state index is 12.0. The number of aromatic amines is 1. The van der Waals surface area contributed by atoms with E-state index in [1.54, 1.807) is 0 Å². The third-order valence-electron chi connectivity index (χ3n) is 4.85. The van der Waals surface area contributed by atoms with E-state index in [1.807, 2.05) is 4.90 Å². The second-order valence-corrected chi connectivity index (χ2v) is 8.60. The van der Waals surface area contributed by atoms with E-state index in [4.69, 9.17) is 5.10 Å². The highest BCUT2D eigenvalue weighted by molar-refractivity contribution is 7.81. The van der Waals surface area contributed by atoms with Crippen LogP contribution >= 0.6 is 12.6 Å². The molecule has 0 radical (unpaired) electrons. The van der Waals surface area contributed by atoms with E-state index in [0.29, 0.717) is 18.1 Å². The van der Waals surface area contributed by atoms with Crippen molar-refractivity contribution in [2.75, 3.05) is 11.4 Å². The van der Waals surface area contributed by atoms with Gasteiger partial charge in [0.25, 0.3) is 5.91 Å². The van der Waals surface area contributed by atoms with Crippen LogP contribution in [-0.2, 0) is 12.1 Å². The number of nitrogens with zero attached hydrogens (tertiary/aromatic N) is 4. The lowest BCUT2D eigenvalue weighted by atomic mass is 10.1. The largest absolute Gasteiger partial charge is 0.339 e. The van der Waals surface area contributed by atoms with E-state index in [-0.39, 0.29) is 17.5 Å². The molecule has 0 spiro atoms. The van der Waals surface area contributed by atoms with Gasteiger partial charge < -0.3 is 20.5 Å². The Hall–Kier alpha value is -2.00. The third kappa shape index (κ3) is 3.84. The minimum atomic E-state index is -0.398. The van der Waals surface area contributed by atoms with Crippen LogP contribution in [0.5, 0.6) is 0 Å². The topological polar surface area (TPSA) is 90.9 Å². The Balaban J connectivity index is 1.68. The number of fused-ring (bicyclic) bond motifs is 1. The van der Waals surface area contributed by atoms with Crippen molar-refractivity contribution in [3.63, 3.8) is 0 Å². The summed E-state index contributed by atoms with van der Waals surface area (Å²) < 4.78 is 2.09. The fraction of sp³-hybridized carbons (Fsp3) is 0.611. The molecule has 0 aromatic carbocycles. The molecule has 2 aromatic heterocycles. The minimum absolute atomic E-state index is 0.0413. The van der Waals surface area contributed by atoms with Gasteiger partial charge >= 0.3 is 0 Å². The lowest BCUT2D eigenvalue weighted by molar-refractivity contribution is 0.0937. The lowest BCUT2D eigenvalue weighted by Gasteiger charge is -2.35. The van der Waals surface area contributed by atoms with Crippen molar-refractivity contribution in [1.82, 2.24) is 30.4 Å². The summed E-state index contributed by atoms with van der Waals surface area (Å²) in [6.45, 7) is 14.2. The highest BCUT2D eigenvalue weighted by Crippen LogP contribution is 2.24. The first-order chi connectivity index (χ1) is 12.6. The van der Waals surface area contributed by atoms with Gasteiger partial charge in [0.2, 0.25) is 0 Å². The molecule has 9 heteroatoms. The molecule has 1 amide bonds. The molecule has 27 heavy (non-hydrogen) atoms. The lowest BCUT2D eigenvalue weighted by Crippen LogP contribution is -2.53. The Labute approximate surface area is 165 Å². The molecule has 0 saturated heterocycles. The fourth-order valence-electron chi connectivity index (χ4n) is 3.46. The van der Waals surface area contributed by atoms with Gasteiger partial charge in [0.15, 0.2) is 5.82 Å². The quantitative estimate of drug-likeness (QED) is 0.585. The number of anilines is 1. The van der Waals surface area contributed by atoms with E-state index >= 15 is 0 Å². The molecule has 2 atom stereocenters. The Morgan fingerprint density at radius 2 is 2.07 bits per heavy atom. The monoisotopic (exact) mass is 391 g/mol. The van der Waals surface area contributed by atoms with Crippen molar-refractivity contribution >= 4 is 24.4 Å². The van der Waals surface area contributed by atoms with Crippen molar-refractivity contribution in [2.24, 2.45) is 0 Å². The molecule has 2 unspecified atom stereocenters. The standard InChI is InChI=1S/C18H29N7OS/c1-10(8-24-15-14(20-9-21-15)16(26)22-17(24)27)19-7-13-11(2)23-25(12(13)3)18(4,5)6/h9-10,17,19,27H,7-8H2,1-6H3,(H,20,21)(H,22,26). The molecule has 3 rings (SSSR count). The van der Waals surface area contributed by atoms with Crippen LogP contribution in [0.4, 0.5) is 5.82 Å². The smallest absolute Gasteiger partial charge is 0.273 e. The van der Waals surface area contributed by atoms with E-state index in [2.05, 4.69) is 79.5 Å². The number of hydrogen-bond donors (Lipinski definition) is 4. The molecule has 8 nitrogen and oxygen atoms in total. The maximum Gasteiger partial charge on any atom is 0.273 e. The zero-order valence-corrected chi connectivity index (χ0v) is 17.7. The van der Waals surface area contributed by atoms with Gasteiger partial charge in [-0.1, -0.05) is 0 Å². The molecule has 0 saturated carbocycles. The highest BCUT2D eigenvalue weighted by Gasteiger charge is 2.31. The summed E-state index contributed by atoms with van der Waals surface area (Å²) in [5.41, 5.74) is 3.50. The first kappa shape index (κ1) is 19.8. The number of thiol groups is 1. The summed E-state index contributed by atoms with van der Waals surface area (Å²) in [5.74, 6) is 0.459. The van der Waals surface area contributed by atoms with Gasteiger partial charge in [-0.15, -0.1) is 12.6 Å². The Bertz CT molecular complexity index is 835. The van der Waals surface area contributed by atoms with E-state index in [9.17, 15) is 4.79 Å². The molecule has 2 aromatic rings. The molecular weight excluding hydrogens is 362 g/mol. The third-order valence-corrected chi connectivity index (χ3v) is 5.26. The number of amides is 1. The summed E-state index contributed by atoms with van der Waals surface area (Å²) in [5, 5.41) is 11.1. The highest BCUT2D eigenvalue weighted by atomic mass is 32.1. The average Bonchev–Trinajstić information content (AvgIpc) is 3.15. The number of carbonyl (C=O) groups is 1. The second-order valence-electron chi connectivity index (χ2n) is 8.11. The molecule has 1 aliphatic rings. The van der Waals surface area contributed by atoms with Crippen LogP contribution in [0, 0.1) is 13.8 Å². The molecule has 0 aliphatic carbocycles. The van der Waals surface area contributed by atoms with Gasteiger partial charge in [-0.2, -0.15) is 5.10 Å². The average molecular weight is 392 g/mol. The second kappa shape index (κ2) is 7.20. The predicted molar refractivity (Wildman–Crippen MR) is 109 cm³/mol. The van der Waals surface area contributed by atoms with Crippen LogP contribution in [0.1, 0.15) is 55.1 Å². The van der Waals surface area contributed by atoms with Crippen LogP contribution in [0.2, 0.25) is 0 Å². The molecule has 148 valence electrons. The Morgan fingerprint density at radius 1 is 1.37 bits per heavy atom. The molecular formula is C18H29N7OS. The van der Waals surface area contributed by atoms with E-state index in [0.717, 1.165) is 12.2 Å². The first-order valence-corrected chi connectivity index (χ1v) is 9.69. The van der Waals surface area contributed by atoms with Crippen molar-refractivity contribution in [1.29, 1.82) is 0 Å². The molecule has 1 aliphatic heterocycles. The molecule has 0 fully saturated rings. The zero-order chi connectivity index (χ0) is 19.9. The summed E-state index contributed by atoms with van der Waals surface area (Å²) in [4.78, 5) is 21.1. The SMILES string of the molecule is Cc1nn(C(C)(C)C)c(C)c1CNC(C)CN1c2nc[nH]c2C(=O)NC1S. The normalized spacial score (nSPS) is 18.4. The Morgan fingerprint density at radius 3 is 2.70 bits per heavy atom. The van der Waals surface area contributed by atoms with Crippen molar-refractivity contribution in [2.45, 2.75) is 65.2 Å². The van der Waals surface area contributed by atoms with Crippen molar-refractivity contribution in [3.8, 4) is 0 Å². The summed E-state index contributed by atoms with van der Waals surface area (Å²) in [6.07, 6.45) is 1.54. The summed E-state index contributed by atoms with van der Waals surface area (Å²) in [6, 6.07) is 0.163. The number of aromatic nitrogens is 4. The van der Waals surface area contributed by atoms with Crippen molar-refractivity contribution in [3.05, 3.63) is 29.0 Å². The fourth-order valence-corrected chi connectivity index (χ4v) is 3.78. The van der Waals surface area contributed by atoms with Crippen LogP contribution in [0.25, 0.3) is 0 Å². The summed E-state index contributed by atoms with van der Waals surface area (Å²) >= 11 is 4.49. The van der Waals surface area contributed by atoms with Gasteiger partial charge in [0, 0.05) is 30.4 Å². The van der Waals surface area contributed by atoms with Crippen molar-refractivity contribution < 1.29 is 4.79 Å². The first-order valence-electron chi connectivity index (χ1n) is 9.17. The number of aryl methyl sites for hydroxylation is 1. The van der Waals surface area contributed by atoms with Gasteiger partial charge in [-0.25, -0.2) is 4.98 Å². The predicted octanol–water partition coefficient (Wildman–Crippen LogP) is 1.92. The molecule has 3 N–H and O–H groups in total. The van der Waals surface area contributed by atoms with Gasteiger partial charge in [0.05, 0.1) is 17.6 Å². The summed E-state index contributed by atoms with van der Waals surface area (Å²) in [7, 11) is 0. The maximum absolute atomic E-state index is 12.0. The number of hydrogen-bond acceptors (Lipinski definition) is 6.